The summed E-state index contributed by atoms with van der Waals surface area (Å²) in [7, 11) is -2.04. The molecule has 0 aliphatic carbocycles. The molecule has 0 spiro atoms. The highest BCUT2D eigenvalue weighted by atomic mass is 31.2. The standard InChI is InChI=1S/C22H22NP/c1-2-3-19-23-24(20-13-7-4-8-14-20,21-15-9-5-10-16-21)22-17-11-6-12-18-22/h3-19H,2H2,1H3/b19-3-. The van der Waals surface area contributed by atoms with Crippen molar-refractivity contribution in [3.8, 4) is 0 Å². The molecule has 0 N–H and O–H groups in total. The summed E-state index contributed by atoms with van der Waals surface area (Å²) in [5.74, 6) is 0. The van der Waals surface area contributed by atoms with E-state index in [1.807, 2.05) is 6.20 Å². The minimum absolute atomic E-state index is 0.988. The van der Waals surface area contributed by atoms with Gasteiger partial charge in [-0.2, -0.15) is 0 Å². The number of hydrogen-bond donors (Lipinski definition) is 0. The summed E-state index contributed by atoms with van der Waals surface area (Å²) < 4.78 is 5.19. The van der Waals surface area contributed by atoms with Gasteiger partial charge in [-0.3, -0.25) is 4.74 Å². The van der Waals surface area contributed by atoms with Gasteiger partial charge in [-0.05, 0) is 6.42 Å². The Labute approximate surface area is 144 Å². The van der Waals surface area contributed by atoms with Crippen molar-refractivity contribution in [2.24, 2.45) is 4.74 Å². The lowest BCUT2D eigenvalue weighted by molar-refractivity contribution is 1.21. The zero-order valence-electron chi connectivity index (χ0n) is 13.9. The van der Waals surface area contributed by atoms with Gasteiger partial charge in [0, 0.05) is 22.1 Å². The average Bonchev–Trinajstić information content (AvgIpc) is 2.68. The largest absolute Gasteiger partial charge is 0.262 e. The fraction of sp³-hybridized carbons (Fsp3) is 0.0909. The van der Waals surface area contributed by atoms with Gasteiger partial charge >= 0.3 is 0 Å². The Hall–Kier alpha value is -2.37. The minimum atomic E-state index is -2.04. The first-order valence-electron chi connectivity index (χ1n) is 8.31. The van der Waals surface area contributed by atoms with Gasteiger partial charge in [0.1, 0.15) is 0 Å². The summed E-state index contributed by atoms with van der Waals surface area (Å²) in [5, 5.41) is 3.84. The molecule has 0 bridgehead atoms. The Balaban J connectivity index is 2.38. The van der Waals surface area contributed by atoms with E-state index >= 15 is 0 Å². The average molecular weight is 331 g/mol. The summed E-state index contributed by atoms with van der Waals surface area (Å²) >= 11 is 0. The summed E-state index contributed by atoms with van der Waals surface area (Å²) in [4.78, 5) is 0. The number of rotatable bonds is 5. The van der Waals surface area contributed by atoms with E-state index in [9.17, 15) is 0 Å². The van der Waals surface area contributed by atoms with Gasteiger partial charge in [0.05, 0.1) is 7.05 Å². The minimum Gasteiger partial charge on any atom is -0.262 e. The normalized spacial score (nSPS) is 11.5. The molecule has 2 heteroatoms. The fourth-order valence-electron chi connectivity index (χ4n) is 2.83. The highest BCUT2D eigenvalue weighted by Crippen LogP contribution is 2.46. The topological polar surface area (TPSA) is 12.4 Å². The summed E-state index contributed by atoms with van der Waals surface area (Å²) in [6.45, 7) is 2.14. The van der Waals surface area contributed by atoms with Crippen molar-refractivity contribution in [2.45, 2.75) is 13.3 Å². The van der Waals surface area contributed by atoms with Gasteiger partial charge in [0.15, 0.2) is 0 Å². The van der Waals surface area contributed by atoms with Gasteiger partial charge in [0.2, 0.25) is 0 Å². The molecule has 0 saturated carbocycles. The molecule has 0 unspecified atom stereocenters. The third-order valence-electron chi connectivity index (χ3n) is 3.97. The van der Waals surface area contributed by atoms with E-state index in [1.165, 1.54) is 15.9 Å². The Morgan fingerprint density at radius 2 is 1.04 bits per heavy atom. The van der Waals surface area contributed by atoms with Crippen LogP contribution in [0.3, 0.4) is 0 Å². The molecule has 1 nitrogen and oxygen atoms in total. The van der Waals surface area contributed by atoms with Crippen molar-refractivity contribution in [1.29, 1.82) is 0 Å². The van der Waals surface area contributed by atoms with Crippen LogP contribution in [0.25, 0.3) is 0 Å². The first-order chi connectivity index (χ1) is 11.9. The Morgan fingerprint density at radius 3 is 1.38 bits per heavy atom. The van der Waals surface area contributed by atoms with Gasteiger partial charge in [-0.15, -0.1) is 0 Å². The summed E-state index contributed by atoms with van der Waals surface area (Å²) in [5.41, 5.74) is 0. The van der Waals surface area contributed by atoms with Crippen LogP contribution in [0, 0.1) is 0 Å². The van der Waals surface area contributed by atoms with Gasteiger partial charge < -0.3 is 0 Å². The zero-order chi connectivity index (χ0) is 16.7. The van der Waals surface area contributed by atoms with Crippen molar-refractivity contribution in [2.75, 3.05) is 0 Å². The molecule has 3 aromatic carbocycles. The molecule has 0 aromatic heterocycles. The van der Waals surface area contributed by atoms with Crippen LogP contribution in [-0.4, -0.2) is 0 Å². The lowest BCUT2D eigenvalue weighted by atomic mass is 10.4. The summed E-state index contributed by atoms with van der Waals surface area (Å²) in [6, 6.07) is 32.1. The second kappa shape index (κ2) is 7.95. The third-order valence-corrected chi connectivity index (χ3v) is 7.59. The van der Waals surface area contributed by atoms with Crippen LogP contribution >= 0.6 is 7.05 Å². The second-order valence-electron chi connectivity index (χ2n) is 5.55. The molecule has 0 saturated heterocycles. The number of nitrogens with zero attached hydrogens (tertiary/aromatic N) is 1. The zero-order valence-corrected chi connectivity index (χ0v) is 14.8. The predicted molar refractivity (Wildman–Crippen MR) is 107 cm³/mol. The smallest absolute Gasteiger partial charge is 0.0604 e. The quantitative estimate of drug-likeness (QED) is 0.578. The molecule has 0 aliphatic rings. The molecule has 3 rings (SSSR count). The van der Waals surface area contributed by atoms with Gasteiger partial charge in [-0.1, -0.05) is 104 Å². The number of hydrogen-bond acceptors (Lipinski definition) is 1. The van der Waals surface area contributed by atoms with Crippen molar-refractivity contribution in [3.05, 3.63) is 103 Å². The van der Waals surface area contributed by atoms with Crippen LogP contribution < -0.4 is 15.9 Å². The highest BCUT2D eigenvalue weighted by Gasteiger charge is 2.26. The molecule has 0 fully saturated rings. The van der Waals surface area contributed by atoms with Crippen LogP contribution in [0.15, 0.2) is 108 Å². The fourth-order valence-corrected chi connectivity index (χ4v) is 6.23. The first-order valence-corrected chi connectivity index (χ1v) is 10.1. The van der Waals surface area contributed by atoms with Gasteiger partial charge in [0.25, 0.3) is 0 Å². The van der Waals surface area contributed by atoms with Crippen molar-refractivity contribution in [3.63, 3.8) is 0 Å². The van der Waals surface area contributed by atoms with E-state index in [4.69, 9.17) is 4.74 Å². The predicted octanol–water partition coefficient (Wildman–Crippen LogP) is 5.09. The molecule has 3 aromatic rings. The number of benzene rings is 3. The monoisotopic (exact) mass is 331 g/mol. The van der Waals surface area contributed by atoms with Gasteiger partial charge in [-0.25, -0.2) is 0 Å². The van der Waals surface area contributed by atoms with E-state index in [1.54, 1.807) is 0 Å². The van der Waals surface area contributed by atoms with Crippen LogP contribution in [-0.2, 0) is 0 Å². The molecule has 0 aliphatic heterocycles. The lowest BCUT2D eigenvalue weighted by Gasteiger charge is -2.26. The van der Waals surface area contributed by atoms with Crippen LogP contribution in [0.5, 0.6) is 0 Å². The molecule has 0 atom stereocenters. The highest BCUT2D eigenvalue weighted by molar-refractivity contribution is 7.87. The van der Waals surface area contributed by atoms with Crippen molar-refractivity contribution in [1.82, 2.24) is 0 Å². The maximum Gasteiger partial charge on any atom is 0.0604 e. The maximum atomic E-state index is 5.19. The Kier molecular flexibility index (Phi) is 5.46. The van der Waals surface area contributed by atoms with E-state index in [0.29, 0.717) is 0 Å². The van der Waals surface area contributed by atoms with E-state index < -0.39 is 7.05 Å². The second-order valence-corrected chi connectivity index (χ2v) is 8.60. The first kappa shape index (κ1) is 16.5. The molecular weight excluding hydrogens is 309 g/mol. The van der Waals surface area contributed by atoms with Crippen LogP contribution in [0.2, 0.25) is 0 Å². The Bertz CT molecular complexity index is 733. The molecule has 0 heterocycles. The Morgan fingerprint density at radius 1 is 0.667 bits per heavy atom. The molecule has 24 heavy (non-hydrogen) atoms. The van der Waals surface area contributed by atoms with E-state index in [-0.39, 0.29) is 0 Å². The van der Waals surface area contributed by atoms with Crippen LogP contribution in [0.1, 0.15) is 13.3 Å². The number of allylic oxidation sites excluding steroid dienone is 1. The third kappa shape index (κ3) is 3.27. The van der Waals surface area contributed by atoms with Crippen molar-refractivity contribution < 1.29 is 0 Å². The van der Waals surface area contributed by atoms with E-state index in [2.05, 4.69) is 104 Å². The van der Waals surface area contributed by atoms with Crippen molar-refractivity contribution >= 4 is 23.0 Å². The summed E-state index contributed by atoms with van der Waals surface area (Å²) in [6.07, 6.45) is 5.12. The maximum absolute atomic E-state index is 5.19. The van der Waals surface area contributed by atoms with Crippen LogP contribution in [0.4, 0.5) is 0 Å². The molecule has 0 amide bonds. The molecule has 120 valence electrons. The molecule has 0 radical (unpaired) electrons. The van der Waals surface area contributed by atoms with E-state index in [0.717, 1.165) is 6.42 Å². The lowest BCUT2D eigenvalue weighted by Crippen LogP contribution is -2.25. The SMILES string of the molecule is CC/C=C\N=P(c1ccccc1)(c1ccccc1)c1ccccc1. The molecular formula is C22H22NP.